The molecule has 1 saturated heterocycles. The molecule has 1 fully saturated rings. The van der Waals surface area contributed by atoms with Gasteiger partial charge in [0, 0.05) is 22.6 Å². The first kappa shape index (κ1) is 22.5. The number of Topliss-reactive ketones (excluding diaryl/α,β-unsaturated/α-hetero) is 3. The van der Waals surface area contributed by atoms with Crippen molar-refractivity contribution < 1.29 is 18.8 Å². The standard InChI is InChI=1S/C32H21FN2O3/c33-22-16-14-20(15-17-22)28(36)27-26(19-8-2-1-3-9-19)32(30(37)24-12-6-7-13-25(24)31(32)38)29-23-11-5-4-10-21(23)18-34-35(27)29/h1-18,26-27,29H/t26-,27-,29+/m0/s1. The fourth-order valence-electron chi connectivity index (χ4n) is 6.59. The molecule has 5 nitrogen and oxygen atoms in total. The van der Waals surface area contributed by atoms with Gasteiger partial charge in [0.25, 0.3) is 0 Å². The molecule has 2 heterocycles. The first-order valence-electron chi connectivity index (χ1n) is 12.5. The lowest BCUT2D eigenvalue weighted by atomic mass is 9.63. The van der Waals surface area contributed by atoms with E-state index in [1.54, 1.807) is 35.5 Å². The van der Waals surface area contributed by atoms with Crippen LogP contribution < -0.4 is 0 Å². The quantitative estimate of drug-likeness (QED) is 0.270. The Labute approximate surface area is 218 Å². The average Bonchev–Trinajstić information content (AvgIpc) is 3.40. The summed E-state index contributed by atoms with van der Waals surface area (Å²) in [5, 5.41) is 6.36. The minimum atomic E-state index is -1.61. The molecule has 3 aliphatic rings. The van der Waals surface area contributed by atoms with Crippen molar-refractivity contribution >= 4 is 23.6 Å². The zero-order valence-corrected chi connectivity index (χ0v) is 20.1. The second-order valence-electron chi connectivity index (χ2n) is 9.93. The van der Waals surface area contributed by atoms with Gasteiger partial charge >= 0.3 is 0 Å². The van der Waals surface area contributed by atoms with Gasteiger partial charge in [-0.1, -0.05) is 78.9 Å². The SMILES string of the molecule is O=C(c1ccc(F)cc1)[C@@H]1[C@H](c2ccccc2)C2(C(=O)c3ccccc3C2=O)[C@H]2c3ccccc3C=NN12. The molecule has 0 saturated carbocycles. The summed E-state index contributed by atoms with van der Waals surface area (Å²) in [5.41, 5.74) is 1.67. The van der Waals surface area contributed by atoms with Crippen LogP contribution in [0.1, 0.15) is 59.7 Å². The van der Waals surface area contributed by atoms with E-state index in [9.17, 15) is 18.8 Å². The van der Waals surface area contributed by atoms with Crippen molar-refractivity contribution in [3.05, 3.63) is 142 Å². The van der Waals surface area contributed by atoms with Crippen LogP contribution in [-0.2, 0) is 0 Å². The van der Waals surface area contributed by atoms with E-state index >= 15 is 0 Å². The van der Waals surface area contributed by atoms with Crippen LogP contribution in [0.3, 0.4) is 0 Å². The van der Waals surface area contributed by atoms with Crippen LogP contribution in [-0.4, -0.2) is 34.6 Å². The molecule has 184 valence electrons. The summed E-state index contributed by atoms with van der Waals surface area (Å²) in [7, 11) is 0. The Hall–Kier alpha value is -4.71. The Morgan fingerprint density at radius 1 is 0.763 bits per heavy atom. The van der Waals surface area contributed by atoms with Crippen LogP contribution in [0, 0.1) is 11.2 Å². The molecule has 1 spiro atoms. The lowest BCUT2D eigenvalue weighted by Gasteiger charge is -2.36. The van der Waals surface area contributed by atoms with Crippen LogP contribution in [0.15, 0.2) is 108 Å². The number of hydrogen-bond donors (Lipinski definition) is 0. The maximum absolute atomic E-state index is 14.6. The van der Waals surface area contributed by atoms with E-state index < -0.39 is 29.2 Å². The molecular formula is C32H21FN2O3. The highest BCUT2D eigenvalue weighted by atomic mass is 19.1. The molecule has 4 aromatic carbocycles. The third-order valence-electron chi connectivity index (χ3n) is 8.13. The van der Waals surface area contributed by atoms with Crippen LogP contribution in [0.4, 0.5) is 4.39 Å². The van der Waals surface area contributed by atoms with E-state index in [2.05, 4.69) is 0 Å². The Balaban J connectivity index is 1.55. The summed E-state index contributed by atoms with van der Waals surface area (Å²) >= 11 is 0. The summed E-state index contributed by atoms with van der Waals surface area (Å²) in [6, 6.07) is 27.3. The van der Waals surface area contributed by atoms with Crippen LogP contribution in [0.5, 0.6) is 0 Å². The molecule has 3 atom stereocenters. The zero-order chi connectivity index (χ0) is 26.0. The Morgan fingerprint density at radius 3 is 2.05 bits per heavy atom. The van der Waals surface area contributed by atoms with Crippen LogP contribution in [0.25, 0.3) is 0 Å². The minimum Gasteiger partial charge on any atom is -0.293 e. The third kappa shape index (κ3) is 2.85. The van der Waals surface area contributed by atoms with Gasteiger partial charge in [0.2, 0.25) is 0 Å². The van der Waals surface area contributed by atoms with Crippen LogP contribution >= 0.6 is 0 Å². The number of benzene rings is 4. The van der Waals surface area contributed by atoms with E-state index in [0.717, 1.165) is 11.1 Å². The molecule has 0 unspecified atom stereocenters. The number of ketones is 3. The highest BCUT2D eigenvalue weighted by molar-refractivity contribution is 6.31. The van der Waals surface area contributed by atoms with Gasteiger partial charge in [-0.3, -0.25) is 19.4 Å². The van der Waals surface area contributed by atoms with Crippen LogP contribution in [0.2, 0.25) is 0 Å². The molecule has 4 aromatic rings. The van der Waals surface area contributed by atoms with Crippen molar-refractivity contribution in [2.45, 2.75) is 18.0 Å². The summed E-state index contributed by atoms with van der Waals surface area (Å²) in [6.07, 6.45) is 1.68. The Morgan fingerprint density at radius 2 is 1.37 bits per heavy atom. The van der Waals surface area contributed by atoms with Gasteiger partial charge in [-0.15, -0.1) is 0 Å². The molecule has 6 heteroatoms. The molecule has 0 aromatic heterocycles. The number of halogens is 1. The van der Waals surface area contributed by atoms with Crippen molar-refractivity contribution in [1.29, 1.82) is 0 Å². The summed E-state index contributed by atoms with van der Waals surface area (Å²) < 4.78 is 13.8. The molecule has 0 bridgehead atoms. The molecule has 0 N–H and O–H groups in total. The van der Waals surface area contributed by atoms with Gasteiger partial charge in [-0.25, -0.2) is 4.39 Å². The molecule has 0 amide bonds. The van der Waals surface area contributed by atoms with E-state index in [1.807, 2.05) is 54.6 Å². The largest absolute Gasteiger partial charge is 0.293 e. The van der Waals surface area contributed by atoms with Gasteiger partial charge in [0.15, 0.2) is 17.3 Å². The van der Waals surface area contributed by atoms with Gasteiger partial charge in [-0.2, -0.15) is 5.10 Å². The lowest BCUT2D eigenvalue weighted by Crippen LogP contribution is -2.43. The average molecular weight is 501 g/mol. The van der Waals surface area contributed by atoms with Crippen molar-refractivity contribution in [3.8, 4) is 0 Å². The highest BCUT2D eigenvalue weighted by Crippen LogP contribution is 2.64. The van der Waals surface area contributed by atoms with E-state index in [-0.39, 0.29) is 22.9 Å². The predicted octanol–water partition coefficient (Wildman–Crippen LogP) is 5.63. The smallest absolute Gasteiger partial charge is 0.187 e. The topological polar surface area (TPSA) is 66.8 Å². The number of carbonyl (C=O) groups excluding carboxylic acids is 3. The summed E-state index contributed by atoms with van der Waals surface area (Å²) in [6.45, 7) is 0. The second kappa shape index (κ2) is 8.15. The number of carbonyl (C=O) groups is 3. The first-order chi connectivity index (χ1) is 18.5. The van der Waals surface area contributed by atoms with E-state index in [0.29, 0.717) is 16.7 Å². The fourth-order valence-corrected chi connectivity index (χ4v) is 6.59. The fraction of sp³-hybridized carbons (Fsp3) is 0.125. The van der Waals surface area contributed by atoms with Gasteiger partial charge in [0.1, 0.15) is 17.3 Å². The maximum atomic E-state index is 14.6. The lowest BCUT2D eigenvalue weighted by molar-refractivity contribution is 0.0586. The first-order valence-corrected chi connectivity index (χ1v) is 12.5. The molecular weight excluding hydrogens is 479 g/mol. The third-order valence-corrected chi connectivity index (χ3v) is 8.13. The Bertz CT molecular complexity index is 1630. The van der Waals surface area contributed by atoms with Gasteiger partial charge in [-0.05, 0) is 41.0 Å². The molecule has 1 aliphatic carbocycles. The zero-order valence-electron chi connectivity index (χ0n) is 20.1. The number of nitrogens with zero attached hydrogens (tertiary/aromatic N) is 2. The summed E-state index contributed by atoms with van der Waals surface area (Å²) in [4.78, 5) is 43.4. The minimum absolute atomic E-state index is 0.289. The molecule has 2 aliphatic heterocycles. The molecule has 0 radical (unpaired) electrons. The summed E-state index contributed by atoms with van der Waals surface area (Å²) in [5.74, 6) is -2.22. The number of hydrazone groups is 1. The van der Waals surface area contributed by atoms with E-state index in [1.165, 1.54) is 24.3 Å². The van der Waals surface area contributed by atoms with Crippen molar-refractivity contribution in [3.63, 3.8) is 0 Å². The molecule has 38 heavy (non-hydrogen) atoms. The Kier molecular flexibility index (Phi) is 4.82. The number of fused-ring (bicyclic) bond motifs is 5. The number of hydrogen-bond acceptors (Lipinski definition) is 5. The van der Waals surface area contributed by atoms with Gasteiger partial charge in [0.05, 0.1) is 12.3 Å². The monoisotopic (exact) mass is 500 g/mol. The van der Waals surface area contributed by atoms with Gasteiger partial charge < -0.3 is 0 Å². The normalized spacial score (nSPS) is 22.3. The van der Waals surface area contributed by atoms with Crippen molar-refractivity contribution in [1.82, 2.24) is 5.01 Å². The van der Waals surface area contributed by atoms with Crippen molar-refractivity contribution in [2.24, 2.45) is 10.5 Å². The maximum Gasteiger partial charge on any atom is 0.187 e. The predicted molar refractivity (Wildman–Crippen MR) is 140 cm³/mol. The highest BCUT2D eigenvalue weighted by Gasteiger charge is 2.72. The van der Waals surface area contributed by atoms with E-state index in [4.69, 9.17) is 5.10 Å². The second-order valence-corrected chi connectivity index (χ2v) is 9.93. The number of rotatable bonds is 3. The molecule has 7 rings (SSSR count). The van der Waals surface area contributed by atoms with Crippen molar-refractivity contribution in [2.75, 3.05) is 0 Å².